The largest absolute Gasteiger partial charge is 0.449 e. The Labute approximate surface area is 153 Å². The van der Waals surface area contributed by atoms with Gasteiger partial charge in [-0.1, -0.05) is 30.3 Å². The summed E-state index contributed by atoms with van der Waals surface area (Å²) in [6, 6.07) is 17.0. The van der Waals surface area contributed by atoms with Crippen molar-refractivity contribution in [2.45, 2.75) is 13.0 Å². The van der Waals surface area contributed by atoms with Crippen molar-refractivity contribution in [2.24, 2.45) is 0 Å². The van der Waals surface area contributed by atoms with Crippen molar-refractivity contribution in [1.82, 2.24) is 10.2 Å². The number of ether oxygens (including phenoxy) is 1. The lowest BCUT2D eigenvalue weighted by Gasteiger charge is -2.09. The Morgan fingerprint density at radius 2 is 1.74 bits per heavy atom. The van der Waals surface area contributed by atoms with Crippen molar-refractivity contribution in [1.29, 1.82) is 0 Å². The van der Waals surface area contributed by atoms with Crippen molar-refractivity contribution in [3.8, 4) is 11.5 Å². The predicted molar refractivity (Wildman–Crippen MR) is 96.0 cm³/mol. The van der Waals surface area contributed by atoms with Crippen LogP contribution in [-0.2, 0) is 4.74 Å². The summed E-state index contributed by atoms with van der Waals surface area (Å²) in [6.07, 6.45) is -0.806. The fourth-order valence-electron chi connectivity index (χ4n) is 2.57. The molecular weight excluding hydrogens is 348 g/mol. The summed E-state index contributed by atoms with van der Waals surface area (Å²) in [7, 11) is 0. The van der Waals surface area contributed by atoms with E-state index in [4.69, 9.17) is 13.6 Å². The molecule has 0 aliphatic carbocycles. The molecule has 0 fully saturated rings. The Morgan fingerprint density at radius 1 is 1.00 bits per heavy atom. The third-order valence-corrected chi connectivity index (χ3v) is 3.93. The fraction of sp³-hybridized carbons (Fsp3) is 0.100. The van der Waals surface area contributed by atoms with E-state index in [1.807, 2.05) is 30.3 Å². The van der Waals surface area contributed by atoms with Crippen LogP contribution in [0, 0.1) is 0 Å². The lowest BCUT2D eigenvalue weighted by molar-refractivity contribution is 0.0245. The van der Waals surface area contributed by atoms with E-state index < -0.39 is 12.1 Å². The molecule has 0 bridgehead atoms. The van der Waals surface area contributed by atoms with Crippen molar-refractivity contribution in [2.75, 3.05) is 0 Å². The molecule has 7 heteroatoms. The minimum Gasteiger partial charge on any atom is -0.449 e. The molecular formula is C20H14N2O5. The summed E-state index contributed by atoms with van der Waals surface area (Å²) in [5, 5.41) is 8.28. The lowest BCUT2D eigenvalue weighted by atomic mass is 10.2. The first-order valence-corrected chi connectivity index (χ1v) is 8.24. The Kier molecular flexibility index (Phi) is 4.25. The van der Waals surface area contributed by atoms with E-state index in [9.17, 15) is 9.59 Å². The number of hydrogen-bond acceptors (Lipinski definition) is 7. The molecule has 0 radical (unpaired) electrons. The zero-order chi connectivity index (χ0) is 18.8. The molecule has 7 nitrogen and oxygen atoms in total. The Morgan fingerprint density at radius 3 is 2.56 bits per heavy atom. The molecule has 2 heterocycles. The molecule has 0 N–H and O–H groups in total. The summed E-state index contributed by atoms with van der Waals surface area (Å²) in [5.41, 5.74) is 0.754. The van der Waals surface area contributed by atoms with Gasteiger partial charge in [-0.3, -0.25) is 4.79 Å². The number of para-hydroxylation sites is 1. The minimum atomic E-state index is -0.806. The second-order valence-electron chi connectivity index (χ2n) is 5.83. The lowest BCUT2D eigenvalue weighted by Crippen LogP contribution is -2.12. The monoisotopic (exact) mass is 362 g/mol. The SMILES string of the molecule is C[C@@H](OC(=O)c1cc(=O)c2ccccc2o1)c1nnc(-c2ccccc2)o1. The number of carbonyl (C=O) groups is 1. The first kappa shape index (κ1) is 16.7. The average Bonchev–Trinajstić information content (AvgIpc) is 3.19. The smallest absolute Gasteiger partial charge is 0.375 e. The standard InChI is InChI=1S/C20H14N2O5/c1-12(18-21-22-19(27-18)13-7-3-2-4-8-13)25-20(24)17-11-15(23)14-9-5-6-10-16(14)26-17/h2-12H,1H3/t12-/m1/s1. The fourth-order valence-corrected chi connectivity index (χ4v) is 2.57. The van der Waals surface area contributed by atoms with Crippen LogP contribution in [0.2, 0.25) is 0 Å². The van der Waals surface area contributed by atoms with Gasteiger partial charge in [0.2, 0.25) is 11.7 Å². The van der Waals surface area contributed by atoms with Gasteiger partial charge in [0.25, 0.3) is 5.89 Å². The van der Waals surface area contributed by atoms with Crippen LogP contribution in [0.4, 0.5) is 0 Å². The molecule has 2 aromatic heterocycles. The van der Waals surface area contributed by atoms with Crippen molar-refractivity contribution in [3.05, 3.63) is 82.5 Å². The zero-order valence-corrected chi connectivity index (χ0v) is 14.3. The predicted octanol–water partition coefficient (Wildman–Crippen LogP) is 3.76. The highest BCUT2D eigenvalue weighted by atomic mass is 16.6. The van der Waals surface area contributed by atoms with Crippen molar-refractivity contribution < 1.29 is 18.4 Å². The van der Waals surface area contributed by atoms with Gasteiger partial charge in [0.05, 0.1) is 5.39 Å². The highest BCUT2D eigenvalue weighted by Crippen LogP contribution is 2.23. The van der Waals surface area contributed by atoms with E-state index in [1.54, 1.807) is 31.2 Å². The first-order valence-electron chi connectivity index (χ1n) is 8.24. The van der Waals surface area contributed by atoms with E-state index >= 15 is 0 Å². The van der Waals surface area contributed by atoms with Crippen LogP contribution in [0.3, 0.4) is 0 Å². The van der Waals surface area contributed by atoms with Gasteiger partial charge in [-0.2, -0.15) is 0 Å². The molecule has 0 aliphatic rings. The van der Waals surface area contributed by atoms with Gasteiger partial charge in [-0.15, -0.1) is 10.2 Å². The molecule has 0 aliphatic heterocycles. The molecule has 4 aromatic rings. The van der Waals surface area contributed by atoms with Crippen LogP contribution >= 0.6 is 0 Å². The Balaban J connectivity index is 1.55. The summed E-state index contributed by atoms with van der Waals surface area (Å²) in [5.74, 6) is -0.505. The summed E-state index contributed by atoms with van der Waals surface area (Å²) in [6.45, 7) is 1.60. The van der Waals surface area contributed by atoms with E-state index in [0.29, 0.717) is 16.9 Å². The molecule has 0 saturated carbocycles. The molecule has 27 heavy (non-hydrogen) atoms. The average molecular weight is 362 g/mol. The van der Waals surface area contributed by atoms with Crippen LogP contribution in [0.15, 0.2) is 74.3 Å². The summed E-state index contributed by atoms with van der Waals surface area (Å²) >= 11 is 0. The third-order valence-electron chi connectivity index (χ3n) is 3.93. The zero-order valence-electron chi connectivity index (χ0n) is 14.3. The second-order valence-corrected chi connectivity index (χ2v) is 5.83. The molecule has 4 rings (SSSR count). The number of fused-ring (bicyclic) bond motifs is 1. The summed E-state index contributed by atoms with van der Waals surface area (Å²) < 4.78 is 16.4. The van der Waals surface area contributed by atoms with Gasteiger partial charge in [0, 0.05) is 11.6 Å². The minimum absolute atomic E-state index is 0.144. The Bertz CT molecular complexity index is 1160. The van der Waals surface area contributed by atoms with Crippen molar-refractivity contribution in [3.63, 3.8) is 0 Å². The second kappa shape index (κ2) is 6.87. The molecule has 0 saturated heterocycles. The van der Waals surface area contributed by atoms with Crippen LogP contribution in [0.25, 0.3) is 22.4 Å². The number of aromatic nitrogens is 2. The molecule has 2 aromatic carbocycles. The van der Waals surface area contributed by atoms with Crippen LogP contribution in [0.5, 0.6) is 0 Å². The van der Waals surface area contributed by atoms with Gasteiger partial charge >= 0.3 is 5.97 Å². The van der Waals surface area contributed by atoms with E-state index in [1.165, 1.54) is 0 Å². The van der Waals surface area contributed by atoms with Gasteiger partial charge in [0.15, 0.2) is 11.5 Å². The maximum atomic E-state index is 12.4. The van der Waals surface area contributed by atoms with Gasteiger partial charge in [-0.25, -0.2) is 4.79 Å². The topological polar surface area (TPSA) is 95.4 Å². The Hall–Kier alpha value is -3.74. The van der Waals surface area contributed by atoms with Crippen molar-refractivity contribution >= 4 is 16.9 Å². The number of carbonyl (C=O) groups excluding carboxylic acids is 1. The van der Waals surface area contributed by atoms with Gasteiger partial charge in [0.1, 0.15) is 5.58 Å². The first-order chi connectivity index (χ1) is 13.1. The third kappa shape index (κ3) is 3.35. The number of benzene rings is 2. The number of hydrogen-bond donors (Lipinski definition) is 0. The molecule has 134 valence electrons. The molecule has 0 amide bonds. The quantitative estimate of drug-likeness (QED) is 0.510. The maximum absolute atomic E-state index is 12.4. The molecule has 0 unspecified atom stereocenters. The van der Waals surface area contributed by atoms with E-state index in [2.05, 4.69) is 10.2 Å². The van der Waals surface area contributed by atoms with Crippen LogP contribution in [-0.4, -0.2) is 16.2 Å². The number of rotatable bonds is 4. The number of esters is 1. The highest BCUT2D eigenvalue weighted by Gasteiger charge is 2.22. The molecule has 1 atom stereocenters. The van der Waals surface area contributed by atoms with Crippen LogP contribution in [0.1, 0.15) is 29.5 Å². The van der Waals surface area contributed by atoms with E-state index in [-0.39, 0.29) is 17.1 Å². The van der Waals surface area contributed by atoms with Gasteiger partial charge in [-0.05, 0) is 31.2 Å². The molecule has 0 spiro atoms. The normalized spacial score (nSPS) is 12.0. The van der Waals surface area contributed by atoms with Crippen LogP contribution < -0.4 is 5.43 Å². The van der Waals surface area contributed by atoms with E-state index in [0.717, 1.165) is 11.6 Å². The van der Waals surface area contributed by atoms with Gasteiger partial charge < -0.3 is 13.6 Å². The maximum Gasteiger partial charge on any atom is 0.375 e. The summed E-state index contributed by atoms with van der Waals surface area (Å²) in [4.78, 5) is 24.5. The number of nitrogens with zero attached hydrogens (tertiary/aromatic N) is 2. The highest BCUT2D eigenvalue weighted by molar-refractivity contribution is 5.89.